The fourth-order valence-corrected chi connectivity index (χ4v) is 8.70. The van der Waals surface area contributed by atoms with E-state index in [2.05, 4.69) is 34.6 Å². The maximum absolute atomic E-state index is 12.8. The molecule has 0 bridgehead atoms. The molecule has 0 aromatic heterocycles. The molecular formula is C57H110O6. The lowest BCUT2D eigenvalue weighted by Crippen LogP contribution is -2.30. The molecule has 6 nitrogen and oxygen atoms in total. The van der Waals surface area contributed by atoms with Gasteiger partial charge in [-0.05, 0) is 31.1 Å². The second kappa shape index (κ2) is 49.8. The van der Waals surface area contributed by atoms with Gasteiger partial charge in [0.25, 0.3) is 0 Å². The predicted octanol–water partition coefficient (Wildman–Crippen LogP) is 18.5. The minimum absolute atomic E-state index is 0.0630. The van der Waals surface area contributed by atoms with Crippen molar-refractivity contribution >= 4 is 17.9 Å². The molecule has 0 aromatic rings. The Morgan fingerprint density at radius 3 is 0.778 bits per heavy atom. The maximum Gasteiger partial charge on any atom is 0.306 e. The zero-order valence-electron chi connectivity index (χ0n) is 43.2. The number of hydrogen-bond donors (Lipinski definition) is 0. The number of esters is 3. The summed E-state index contributed by atoms with van der Waals surface area (Å²) in [5, 5.41) is 0. The van der Waals surface area contributed by atoms with Crippen molar-refractivity contribution in [2.45, 2.75) is 323 Å². The zero-order chi connectivity index (χ0) is 46.1. The fraction of sp³-hybridized carbons (Fsp3) is 0.947. The highest BCUT2D eigenvalue weighted by Crippen LogP contribution is 2.18. The molecular weight excluding hydrogens is 781 g/mol. The van der Waals surface area contributed by atoms with Crippen LogP contribution in [-0.4, -0.2) is 37.2 Å². The van der Waals surface area contributed by atoms with Crippen LogP contribution in [0.25, 0.3) is 0 Å². The average Bonchev–Trinajstić information content (AvgIpc) is 3.25. The van der Waals surface area contributed by atoms with Crippen molar-refractivity contribution in [3.63, 3.8) is 0 Å². The largest absolute Gasteiger partial charge is 0.462 e. The monoisotopic (exact) mass is 891 g/mol. The molecule has 0 fully saturated rings. The molecule has 0 N–H and O–H groups in total. The normalized spacial score (nSPS) is 12.0. The van der Waals surface area contributed by atoms with Crippen LogP contribution >= 0.6 is 0 Å². The first-order valence-corrected chi connectivity index (χ1v) is 28.2. The molecule has 0 unspecified atom stereocenters. The standard InChI is InChI=1S/C57H110O6/c1-6-7-8-9-10-25-34-39-44-49-57(60)63-54(51-62-56(59)48-43-38-33-29-24-20-16-15-18-22-27-31-36-41-46-53(4)5)50-61-55(58)47-42-37-32-28-23-19-14-12-11-13-17-21-26-30-35-40-45-52(2)3/h52-54H,6-51H2,1-5H3/t54-/m0/s1. The van der Waals surface area contributed by atoms with Gasteiger partial charge in [0.2, 0.25) is 0 Å². The summed E-state index contributed by atoms with van der Waals surface area (Å²) in [5.41, 5.74) is 0. The lowest BCUT2D eigenvalue weighted by atomic mass is 10.0. The fourth-order valence-electron chi connectivity index (χ4n) is 8.70. The number of rotatable bonds is 51. The number of ether oxygens (including phenoxy) is 3. The van der Waals surface area contributed by atoms with E-state index >= 15 is 0 Å². The molecule has 0 aliphatic carbocycles. The molecule has 0 rings (SSSR count). The van der Waals surface area contributed by atoms with Crippen LogP contribution < -0.4 is 0 Å². The van der Waals surface area contributed by atoms with E-state index < -0.39 is 6.10 Å². The zero-order valence-corrected chi connectivity index (χ0v) is 43.2. The highest BCUT2D eigenvalue weighted by Gasteiger charge is 2.19. The van der Waals surface area contributed by atoms with Gasteiger partial charge in [-0.2, -0.15) is 0 Å². The van der Waals surface area contributed by atoms with Gasteiger partial charge in [0.05, 0.1) is 0 Å². The van der Waals surface area contributed by atoms with E-state index in [1.807, 2.05) is 0 Å². The lowest BCUT2D eigenvalue weighted by Gasteiger charge is -2.18. The quantitative estimate of drug-likeness (QED) is 0.0344. The van der Waals surface area contributed by atoms with Crippen LogP contribution in [0.2, 0.25) is 0 Å². The molecule has 0 aromatic carbocycles. The number of carbonyl (C=O) groups is 3. The van der Waals surface area contributed by atoms with Gasteiger partial charge in [0, 0.05) is 19.3 Å². The van der Waals surface area contributed by atoms with Gasteiger partial charge in [-0.15, -0.1) is 0 Å². The van der Waals surface area contributed by atoms with Crippen LogP contribution in [0.5, 0.6) is 0 Å². The van der Waals surface area contributed by atoms with Gasteiger partial charge in [-0.1, -0.05) is 279 Å². The van der Waals surface area contributed by atoms with Crippen molar-refractivity contribution in [2.24, 2.45) is 11.8 Å². The second-order valence-corrected chi connectivity index (χ2v) is 20.5. The summed E-state index contributed by atoms with van der Waals surface area (Å²) in [6.45, 7) is 11.4. The highest BCUT2D eigenvalue weighted by atomic mass is 16.6. The lowest BCUT2D eigenvalue weighted by molar-refractivity contribution is -0.167. The van der Waals surface area contributed by atoms with E-state index in [4.69, 9.17) is 14.2 Å². The van der Waals surface area contributed by atoms with E-state index in [1.165, 1.54) is 205 Å². The first kappa shape index (κ1) is 61.4. The minimum Gasteiger partial charge on any atom is -0.462 e. The van der Waals surface area contributed by atoms with Crippen molar-refractivity contribution in [3.05, 3.63) is 0 Å². The Labute approximate surface area is 393 Å². The third kappa shape index (κ3) is 51.3. The van der Waals surface area contributed by atoms with E-state index in [9.17, 15) is 14.4 Å². The predicted molar refractivity (Wildman–Crippen MR) is 270 cm³/mol. The van der Waals surface area contributed by atoms with Crippen molar-refractivity contribution in [1.29, 1.82) is 0 Å². The Morgan fingerprint density at radius 1 is 0.302 bits per heavy atom. The molecule has 0 aliphatic rings. The molecule has 0 amide bonds. The van der Waals surface area contributed by atoms with Gasteiger partial charge in [-0.3, -0.25) is 14.4 Å². The molecule has 0 radical (unpaired) electrons. The summed E-state index contributed by atoms with van der Waals surface area (Å²) in [7, 11) is 0. The Morgan fingerprint density at radius 2 is 0.524 bits per heavy atom. The summed E-state index contributed by atoms with van der Waals surface area (Å²) in [5.74, 6) is 0.854. The third-order valence-corrected chi connectivity index (χ3v) is 13.0. The minimum atomic E-state index is -0.761. The van der Waals surface area contributed by atoms with Crippen LogP contribution in [0.4, 0.5) is 0 Å². The molecule has 0 aliphatic heterocycles. The van der Waals surface area contributed by atoms with Gasteiger partial charge in [0.1, 0.15) is 13.2 Å². The molecule has 6 heteroatoms. The van der Waals surface area contributed by atoms with Crippen molar-refractivity contribution in [1.82, 2.24) is 0 Å². The SMILES string of the molecule is CCCCCCCCCCCC(=O)O[C@@H](COC(=O)CCCCCCCCCCCCCCCCCCC(C)C)COC(=O)CCCCCCCCCCCCCCCCC(C)C. The van der Waals surface area contributed by atoms with Gasteiger partial charge in [-0.25, -0.2) is 0 Å². The molecule has 0 saturated carbocycles. The van der Waals surface area contributed by atoms with E-state index in [-0.39, 0.29) is 31.1 Å². The van der Waals surface area contributed by atoms with Gasteiger partial charge in [0.15, 0.2) is 6.10 Å². The molecule has 0 saturated heterocycles. The van der Waals surface area contributed by atoms with E-state index in [0.29, 0.717) is 19.3 Å². The van der Waals surface area contributed by atoms with Crippen LogP contribution in [0.15, 0.2) is 0 Å². The Kier molecular flexibility index (Phi) is 48.6. The molecule has 0 heterocycles. The number of carbonyl (C=O) groups excluding carboxylic acids is 3. The topological polar surface area (TPSA) is 78.9 Å². The molecule has 374 valence electrons. The average molecular weight is 892 g/mol. The van der Waals surface area contributed by atoms with Crippen molar-refractivity contribution in [3.8, 4) is 0 Å². The summed E-state index contributed by atoms with van der Waals surface area (Å²) in [6.07, 6.45) is 52.4. The van der Waals surface area contributed by atoms with Crippen molar-refractivity contribution in [2.75, 3.05) is 13.2 Å². The Balaban J connectivity index is 4.18. The van der Waals surface area contributed by atoms with Gasteiger partial charge < -0.3 is 14.2 Å². The number of unbranched alkanes of at least 4 members (excludes halogenated alkanes) is 36. The summed E-state index contributed by atoms with van der Waals surface area (Å²) < 4.78 is 16.8. The Hall–Kier alpha value is -1.59. The van der Waals surface area contributed by atoms with Crippen molar-refractivity contribution < 1.29 is 28.6 Å². The smallest absolute Gasteiger partial charge is 0.306 e. The molecule has 63 heavy (non-hydrogen) atoms. The summed E-state index contributed by atoms with van der Waals surface area (Å²) in [6, 6.07) is 0. The van der Waals surface area contributed by atoms with Crippen LogP contribution in [0.3, 0.4) is 0 Å². The van der Waals surface area contributed by atoms with Crippen LogP contribution in [0.1, 0.15) is 317 Å². The molecule has 1 atom stereocenters. The highest BCUT2D eigenvalue weighted by molar-refractivity contribution is 5.71. The second-order valence-electron chi connectivity index (χ2n) is 20.5. The van der Waals surface area contributed by atoms with E-state index in [1.54, 1.807) is 0 Å². The van der Waals surface area contributed by atoms with Crippen LogP contribution in [-0.2, 0) is 28.6 Å². The first-order valence-electron chi connectivity index (χ1n) is 28.2. The Bertz CT molecular complexity index is 962. The first-order chi connectivity index (χ1) is 30.7. The summed E-state index contributed by atoms with van der Waals surface area (Å²) in [4.78, 5) is 38.0. The maximum atomic E-state index is 12.8. The van der Waals surface area contributed by atoms with Crippen LogP contribution in [0, 0.1) is 11.8 Å². The molecule has 0 spiro atoms. The summed E-state index contributed by atoms with van der Waals surface area (Å²) >= 11 is 0. The number of hydrogen-bond acceptors (Lipinski definition) is 6. The van der Waals surface area contributed by atoms with Gasteiger partial charge >= 0.3 is 17.9 Å². The third-order valence-electron chi connectivity index (χ3n) is 13.0. The van der Waals surface area contributed by atoms with E-state index in [0.717, 1.165) is 69.6 Å².